The summed E-state index contributed by atoms with van der Waals surface area (Å²) in [6, 6.07) is 9.47. The highest BCUT2D eigenvalue weighted by Crippen LogP contribution is 2.51. The third-order valence-electron chi connectivity index (χ3n) is 11.1. The molecule has 0 bridgehead atoms. The minimum atomic E-state index is -4.79. The van der Waals surface area contributed by atoms with Gasteiger partial charge >= 0.3 is 18.4 Å². The maximum atomic E-state index is 15.0. The third kappa shape index (κ3) is 7.07. The Kier molecular flexibility index (Phi) is 9.12. The fourth-order valence-corrected chi connectivity index (χ4v) is 7.38. The van der Waals surface area contributed by atoms with Crippen molar-refractivity contribution in [1.29, 1.82) is 5.41 Å². The van der Waals surface area contributed by atoms with Crippen LogP contribution in [0.15, 0.2) is 55.0 Å². The molecule has 0 unspecified atom stereocenters. The zero-order valence-electron chi connectivity index (χ0n) is 30.6. The first-order chi connectivity index (χ1) is 26.8. The van der Waals surface area contributed by atoms with E-state index in [-0.39, 0.29) is 41.1 Å². The van der Waals surface area contributed by atoms with Gasteiger partial charge in [-0.3, -0.25) is 15.1 Å². The summed E-state index contributed by atoms with van der Waals surface area (Å²) in [5.74, 6) is -1.24. The van der Waals surface area contributed by atoms with Crippen LogP contribution in [0, 0.1) is 10.8 Å². The molecule has 3 aliphatic carbocycles. The number of carbonyl (C=O) groups is 2. The molecule has 4 fully saturated rings. The van der Waals surface area contributed by atoms with E-state index in [2.05, 4.69) is 25.6 Å². The lowest BCUT2D eigenvalue weighted by Crippen LogP contribution is -2.50. The summed E-state index contributed by atoms with van der Waals surface area (Å²) in [5, 5.41) is 27.1. The minimum Gasteiger partial charge on any atom is -0.447 e. The number of hydrogen-bond donors (Lipinski definition) is 3. The van der Waals surface area contributed by atoms with Gasteiger partial charge in [-0.1, -0.05) is 55.8 Å². The molecular formula is C37H37ClF6N10O3. The van der Waals surface area contributed by atoms with E-state index in [9.17, 15) is 31.1 Å². The number of halogens is 7. The number of amides is 2. The lowest BCUT2D eigenvalue weighted by Gasteiger charge is -2.37. The molecular weight excluding hydrogens is 782 g/mol. The fourth-order valence-electron chi connectivity index (χ4n) is 7.18. The average Bonchev–Trinajstić information content (AvgIpc) is 4.11. The van der Waals surface area contributed by atoms with Gasteiger partial charge in [0.1, 0.15) is 29.7 Å². The predicted molar refractivity (Wildman–Crippen MR) is 192 cm³/mol. The van der Waals surface area contributed by atoms with Crippen LogP contribution in [0.4, 0.5) is 31.1 Å². The van der Waals surface area contributed by atoms with E-state index in [0.717, 1.165) is 44.4 Å². The first kappa shape index (κ1) is 38.7. The van der Waals surface area contributed by atoms with E-state index in [1.807, 2.05) is 5.32 Å². The Morgan fingerprint density at radius 2 is 1.72 bits per heavy atom. The fraction of sp³-hybridized carbons (Fsp3) is 0.486. The Balaban J connectivity index is 1.18. The summed E-state index contributed by atoms with van der Waals surface area (Å²) in [4.78, 5) is 34.8. The summed E-state index contributed by atoms with van der Waals surface area (Å²) in [7, 11) is 0. The van der Waals surface area contributed by atoms with Gasteiger partial charge in [0.15, 0.2) is 11.8 Å². The molecule has 2 aromatic heterocycles. The SMILES string of the molecule is CC(C)(C[C@]1(c2ccc(-c3cnn(C4CC4)n3)cc2)NC(=N)N([C@H](COC(=O)NC2(C(F)(F)F)CC2)c2ccc(Cl)c(-c3ncnn3C3CC3)c2)C1=O)C(F)(F)F. The smallest absolute Gasteiger partial charge is 0.411 e. The van der Waals surface area contributed by atoms with Gasteiger partial charge < -0.3 is 15.4 Å². The average molecular weight is 819 g/mol. The Morgan fingerprint density at radius 1 is 1.04 bits per heavy atom. The van der Waals surface area contributed by atoms with Gasteiger partial charge in [0, 0.05) is 11.1 Å². The van der Waals surface area contributed by atoms with Crippen molar-refractivity contribution in [2.75, 3.05) is 6.61 Å². The molecule has 2 amide bonds. The maximum Gasteiger partial charge on any atom is 0.411 e. The normalized spacial score (nSPS) is 21.4. The van der Waals surface area contributed by atoms with E-state index in [0.29, 0.717) is 22.6 Å². The highest BCUT2D eigenvalue weighted by atomic mass is 35.5. The van der Waals surface area contributed by atoms with Crippen LogP contribution in [-0.2, 0) is 15.1 Å². The van der Waals surface area contributed by atoms with E-state index in [1.165, 1.54) is 36.7 Å². The predicted octanol–water partition coefficient (Wildman–Crippen LogP) is 7.63. The number of alkyl carbamates (subject to hydrolysis) is 1. The van der Waals surface area contributed by atoms with Gasteiger partial charge in [-0.25, -0.2) is 14.5 Å². The van der Waals surface area contributed by atoms with Crippen molar-refractivity contribution in [1.82, 2.24) is 45.3 Å². The second-order valence-corrected chi connectivity index (χ2v) is 16.2. The lowest BCUT2D eigenvalue weighted by atomic mass is 9.74. The summed E-state index contributed by atoms with van der Waals surface area (Å²) < 4.78 is 92.1. The van der Waals surface area contributed by atoms with Crippen LogP contribution in [0.5, 0.6) is 0 Å². The van der Waals surface area contributed by atoms with Crippen molar-refractivity contribution in [3.05, 3.63) is 71.1 Å². The van der Waals surface area contributed by atoms with Crippen LogP contribution >= 0.6 is 11.6 Å². The van der Waals surface area contributed by atoms with Crippen LogP contribution in [-0.4, -0.2) is 77.1 Å². The molecule has 13 nitrogen and oxygen atoms in total. The number of rotatable bonds is 12. The minimum absolute atomic E-state index is 0.0696. The summed E-state index contributed by atoms with van der Waals surface area (Å²) in [5.41, 5.74) is -5.38. The second-order valence-electron chi connectivity index (χ2n) is 15.8. The third-order valence-corrected chi connectivity index (χ3v) is 11.4. The van der Waals surface area contributed by atoms with Crippen molar-refractivity contribution in [3.8, 4) is 22.6 Å². The molecule has 0 spiro atoms. The molecule has 20 heteroatoms. The quantitative estimate of drug-likeness (QED) is 0.123. The molecule has 2 atom stereocenters. The Bertz CT molecular complexity index is 2230. The number of nitrogens with zero attached hydrogens (tertiary/aromatic N) is 7. The maximum absolute atomic E-state index is 15.0. The monoisotopic (exact) mass is 818 g/mol. The van der Waals surface area contributed by atoms with Crippen molar-refractivity contribution in [2.45, 2.75) is 100 Å². The molecule has 1 saturated heterocycles. The number of alkyl halides is 6. The Labute approximate surface area is 326 Å². The lowest BCUT2D eigenvalue weighted by molar-refractivity contribution is -0.218. The molecule has 3 heterocycles. The zero-order chi connectivity index (χ0) is 40.7. The molecule has 1 aliphatic heterocycles. The summed E-state index contributed by atoms with van der Waals surface area (Å²) in [6.45, 7) is 1.10. The van der Waals surface area contributed by atoms with Crippen LogP contribution in [0.25, 0.3) is 22.6 Å². The first-order valence-corrected chi connectivity index (χ1v) is 18.7. The topological polar surface area (TPSA) is 156 Å². The molecule has 57 heavy (non-hydrogen) atoms. The van der Waals surface area contributed by atoms with E-state index < -0.39 is 65.9 Å². The summed E-state index contributed by atoms with van der Waals surface area (Å²) in [6.07, 6.45) is -6.04. The van der Waals surface area contributed by atoms with Crippen LogP contribution < -0.4 is 10.6 Å². The molecule has 8 rings (SSSR count). The van der Waals surface area contributed by atoms with E-state index >= 15 is 4.79 Å². The summed E-state index contributed by atoms with van der Waals surface area (Å²) >= 11 is 6.64. The van der Waals surface area contributed by atoms with E-state index in [4.69, 9.17) is 21.7 Å². The molecule has 3 saturated carbocycles. The standard InChI is InChI=1S/C37H37ClF6N10O3/c1-33(2,36(39,40)41)18-35(22-6-3-20(4-7-22)27-16-47-54(51-27)24-10-11-24)30(55)52(31(45)49-35)28(17-57-32(56)50-34(13-14-34)37(42,43)44)21-5-12-26(38)25(15-21)29-46-19-48-53(29)23-8-9-23/h3-7,12,15-16,19,23-24,28H,8-11,13-14,17-18H2,1-2H3,(H2,45,49)(H,50,56)/t28-,35-/m1/s1. The number of guanidine groups is 1. The van der Waals surface area contributed by atoms with Crippen molar-refractivity contribution in [2.24, 2.45) is 5.41 Å². The van der Waals surface area contributed by atoms with Crippen molar-refractivity contribution < 1.29 is 40.7 Å². The zero-order valence-corrected chi connectivity index (χ0v) is 31.3. The molecule has 4 aliphatic rings. The number of carbonyl (C=O) groups excluding carboxylic acids is 2. The van der Waals surface area contributed by atoms with Crippen molar-refractivity contribution in [3.63, 3.8) is 0 Å². The molecule has 0 radical (unpaired) electrons. The van der Waals surface area contributed by atoms with Gasteiger partial charge in [-0.2, -0.15) is 46.4 Å². The van der Waals surface area contributed by atoms with Gasteiger partial charge in [-0.05, 0) is 68.2 Å². The molecule has 2 aromatic carbocycles. The largest absolute Gasteiger partial charge is 0.447 e. The number of ether oxygens (including phenoxy) is 1. The van der Waals surface area contributed by atoms with Gasteiger partial charge in [0.05, 0.1) is 34.8 Å². The Morgan fingerprint density at radius 3 is 2.33 bits per heavy atom. The Hall–Kier alpha value is -5.20. The number of benzene rings is 2. The molecule has 302 valence electrons. The van der Waals surface area contributed by atoms with Crippen LogP contribution in [0.3, 0.4) is 0 Å². The van der Waals surface area contributed by atoms with Gasteiger partial charge in [-0.15, -0.1) is 0 Å². The van der Waals surface area contributed by atoms with Crippen molar-refractivity contribution >= 4 is 29.6 Å². The highest BCUT2D eigenvalue weighted by molar-refractivity contribution is 6.33. The molecule has 3 N–H and O–H groups in total. The number of nitrogens with one attached hydrogen (secondary N) is 3. The number of hydrogen-bond acceptors (Lipinski definition) is 8. The highest BCUT2D eigenvalue weighted by Gasteiger charge is 2.65. The number of aromatic nitrogens is 6. The van der Waals surface area contributed by atoms with E-state index in [1.54, 1.807) is 27.8 Å². The molecule has 4 aromatic rings. The van der Waals surface area contributed by atoms with Crippen LogP contribution in [0.2, 0.25) is 5.02 Å². The van der Waals surface area contributed by atoms with Gasteiger partial charge in [0.2, 0.25) is 0 Å². The second kappa shape index (κ2) is 13.4. The van der Waals surface area contributed by atoms with Crippen LogP contribution in [0.1, 0.15) is 88.0 Å². The first-order valence-electron chi connectivity index (χ1n) is 18.3. The van der Waals surface area contributed by atoms with Gasteiger partial charge in [0.25, 0.3) is 5.91 Å².